The standard InChI is InChI=1S/C18H26N4OS/c1-3-15-10-16-17(19-12-20-18(16)24-15)21-6-4-14(5-7-21)22-8-9-23-13(2)11-22/h10,12-14H,3-9,11H2,1-2H3. The SMILES string of the molecule is CCc1cc2c(N3CCC(N4CCOC(C)C4)CC3)ncnc2s1. The lowest BCUT2D eigenvalue weighted by atomic mass is 10.0. The Morgan fingerprint density at radius 1 is 1.25 bits per heavy atom. The minimum atomic E-state index is 0.372. The molecule has 2 aromatic heterocycles. The molecule has 1 atom stereocenters. The number of nitrogens with zero attached hydrogens (tertiary/aromatic N) is 4. The minimum absolute atomic E-state index is 0.372. The Hall–Kier alpha value is -1.24. The first-order chi connectivity index (χ1) is 11.7. The maximum atomic E-state index is 5.68. The molecular weight excluding hydrogens is 320 g/mol. The molecule has 2 saturated heterocycles. The van der Waals surface area contributed by atoms with Gasteiger partial charge in [0.1, 0.15) is 17.0 Å². The van der Waals surface area contributed by atoms with Crippen molar-refractivity contribution >= 4 is 27.4 Å². The quantitative estimate of drug-likeness (QED) is 0.855. The van der Waals surface area contributed by atoms with Crippen molar-refractivity contribution in [2.45, 2.75) is 45.3 Å². The number of ether oxygens (including phenoxy) is 1. The fourth-order valence-corrected chi connectivity index (χ4v) is 4.87. The molecule has 0 amide bonds. The average molecular weight is 347 g/mol. The molecule has 0 bridgehead atoms. The van der Waals surface area contributed by atoms with Gasteiger partial charge in [0.15, 0.2) is 0 Å². The van der Waals surface area contributed by atoms with Gasteiger partial charge in [-0.3, -0.25) is 4.90 Å². The van der Waals surface area contributed by atoms with E-state index in [1.54, 1.807) is 17.7 Å². The molecule has 24 heavy (non-hydrogen) atoms. The Balaban J connectivity index is 1.47. The largest absolute Gasteiger partial charge is 0.376 e. The number of fused-ring (bicyclic) bond motifs is 1. The minimum Gasteiger partial charge on any atom is -0.376 e. The van der Waals surface area contributed by atoms with E-state index in [0.29, 0.717) is 12.1 Å². The molecule has 0 saturated carbocycles. The van der Waals surface area contributed by atoms with Crippen LogP contribution < -0.4 is 4.90 Å². The second kappa shape index (κ2) is 6.94. The predicted octanol–water partition coefficient (Wildman–Crippen LogP) is 2.94. The molecule has 0 radical (unpaired) electrons. The summed E-state index contributed by atoms with van der Waals surface area (Å²) in [6, 6.07) is 2.98. The van der Waals surface area contributed by atoms with Gasteiger partial charge in [-0.05, 0) is 32.3 Å². The summed E-state index contributed by atoms with van der Waals surface area (Å²) < 4.78 is 5.68. The van der Waals surface area contributed by atoms with E-state index in [1.165, 1.54) is 23.1 Å². The molecule has 130 valence electrons. The summed E-state index contributed by atoms with van der Waals surface area (Å²) in [5.74, 6) is 1.13. The molecule has 2 aromatic rings. The molecule has 0 aromatic carbocycles. The highest BCUT2D eigenvalue weighted by molar-refractivity contribution is 7.18. The van der Waals surface area contributed by atoms with Crippen LogP contribution >= 0.6 is 11.3 Å². The average Bonchev–Trinajstić information content (AvgIpc) is 3.05. The number of aryl methyl sites for hydroxylation is 1. The van der Waals surface area contributed by atoms with Gasteiger partial charge in [0.25, 0.3) is 0 Å². The monoisotopic (exact) mass is 346 g/mol. The van der Waals surface area contributed by atoms with Gasteiger partial charge < -0.3 is 9.64 Å². The molecule has 0 spiro atoms. The van der Waals surface area contributed by atoms with Crippen molar-refractivity contribution in [1.29, 1.82) is 0 Å². The van der Waals surface area contributed by atoms with Crippen molar-refractivity contribution in [2.75, 3.05) is 37.7 Å². The van der Waals surface area contributed by atoms with Crippen LogP contribution in [0.2, 0.25) is 0 Å². The van der Waals surface area contributed by atoms with E-state index in [4.69, 9.17) is 4.74 Å². The third-order valence-electron chi connectivity index (χ3n) is 5.26. The van der Waals surface area contributed by atoms with Gasteiger partial charge in [0.05, 0.1) is 18.1 Å². The number of morpholine rings is 1. The summed E-state index contributed by atoms with van der Waals surface area (Å²) in [5, 5.41) is 1.23. The molecule has 1 unspecified atom stereocenters. The summed E-state index contributed by atoms with van der Waals surface area (Å²) in [5.41, 5.74) is 0. The van der Waals surface area contributed by atoms with Crippen molar-refractivity contribution in [2.24, 2.45) is 0 Å². The van der Waals surface area contributed by atoms with Crippen LogP contribution in [-0.4, -0.2) is 59.8 Å². The second-order valence-electron chi connectivity index (χ2n) is 6.88. The topological polar surface area (TPSA) is 41.5 Å². The highest BCUT2D eigenvalue weighted by Gasteiger charge is 2.29. The molecule has 2 fully saturated rings. The van der Waals surface area contributed by atoms with Gasteiger partial charge in [-0.2, -0.15) is 0 Å². The van der Waals surface area contributed by atoms with Crippen molar-refractivity contribution in [3.8, 4) is 0 Å². The molecule has 4 heterocycles. The van der Waals surface area contributed by atoms with Crippen LogP contribution in [0.5, 0.6) is 0 Å². The van der Waals surface area contributed by atoms with E-state index < -0.39 is 0 Å². The van der Waals surface area contributed by atoms with Crippen LogP contribution in [0.25, 0.3) is 10.2 Å². The molecule has 2 aliphatic heterocycles. The van der Waals surface area contributed by atoms with E-state index >= 15 is 0 Å². The first-order valence-corrected chi connectivity index (χ1v) is 9.90. The van der Waals surface area contributed by atoms with Crippen molar-refractivity contribution < 1.29 is 4.74 Å². The molecule has 0 N–H and O–H groups in total. The Morgan fingerprint density at radius 2 is 2.08 bits per heavy atom. The molecule has 4 rings (SSSR count). The summed E-state index contributed by atoms with van der Waals surface area (Å²) in [6.07, 6.45) is 5.59. The lowest BCUT2D eigenvalue weighted by Gasteiger charge is -2.42. The molecule has 6 heteroatoms. The van der Waals surface area contributed by atoms with Gasteiger partial charge >= 0.3 is 0 Å². The van der Waals surface area contributed by atoms with Crippen molar-refractivity contribution in [3.05, 3.63) is 17.3 Å². The smallest absolute Gasteiger partial charge is 0.140 e. The number of aromatic nitrogens is 2. The highest BCUT2D eigenvalue weighted by Crippen LogP contribution is 2.32. The van der Waals surface area contributed by atoms with Crippen LogP contribution in [-0.2, 0) is 11.2 Å². The van der Waals surface area contributed by atoms with E-state index in [9.17, 15) is 0 Å². The number of hydrogen-bond donors (Lipinski definition) is 0. The number of piperidine rings is 1. The zero-order valence-electron chi connectivity index (χ0n) is 14.6. The molecule has 2 aliphatic rings. The van der Waals surface area contributed by atoms with Gasteiger partial charge in [-0.15, -0.1) is 11.3 Å². The van der Waals surface area contributed by atoms with Crippen LogP contribution in [0.15, 0.2) is 12.4 Å². The van der Waals surface area contributed by atoms with E-state index in [1.807, 2.05) is 0 Å². The number of thiophene rings is 1. The lowest BCUT2D eigenvalue weighted by Crippen LogP contribution is -2.51. The maximum Gasteiger partial charge on any atom is 0.140 e. The molecule has 5 nitrogen and oxygen atoms in total. The third kappa shape index (κ3) is 3.15. The summed E-state index contributed by atoms with van der Waals surface area (Å²) in [6.45, 7) is 9.58. The normalized spacial score (nSPS) is 23.9. The van der Waals surface area contributed by atoms with Crippen LogP contribution in [0.3, 0.4) is 0 Å². The molecular formula is C18H26N4OS. The zero-order valence-corrected chi connectivity index (χ0v) is 15.4. The Morgan fingerprint density at radius 3 is 2.83 bits per heavy atom. The third-order valence-corrected chi connectivity index (χ3v) is 6.45. The lowest BCUT2D eigenvalue weighted by molar-refractivity contribution is -0.0373. The van der Waals surface area contributed by atoms with Crippen LogP contribution in [0.1, 0.15) is 31.6 Å². The summed E-state index contributed by atoms with van der Waals surface area (Å²) >= 11 is 1.80. The van der Waals surface area contributed by atoms with Gasteiger partial charge in [-0.25, -0.2) is 9.97 Å². The summed E-state index contributed by atoms with van der Waals surface area (Å²) in [4.78, 5) is 16.7. The fraction of sp³-hybridized carbons (Fsp3) is 0.667. The van der Waals surface area contributed by atoms with E-state index in [2.05, 4.69) is 39.7 Å². The number of anilines is 1. The maximum absolute atomic E-state index is 5.68. The fourth-order valence-electron chi connectivity index (χ4n) is 3.94. The summed E-state index contributed by atoms with van der Waals surface area (Å²) in [7, 11) is 0. The Labute approximate surface area is 147 Å². The highest BCUT2D eigenvalue weighted by atomic mass is 32.1. The van der Waals surface area contributed by atoms with E-state index in [0.717, 1.165) is 49.9 Å². The van der Waals surface area contributed by atoms with E-state index in [-0.39, 0.29) is 0 Å². The zero-order chi connectivity index (χ0) is 16.5. The van der Waals surface area contributed by atoms with Crippen LogP contribution in [0.4, 0.5) is 5.82 Å². The first-order valence-electron chi connectivity index (χ1n) is 9.08. The van der Waals surface area contributed by atoms with Gasteiger partial charge in [0, 0.05) is 37.1 Å². The number of hydrogen-bond acceptors (Lipinski definition) is 6. The first kappa shape index (κ1) is 16.2. The van der Waals surface area contributed by atoms with Gasteiger partial charge in [-0.1, -0.05) is 6.92 Å². The Bertz CT molecular complexity index is 695. The van der Waals surface area contributed by atoms with Gasteiger partial charge in [0.2, 0.25) is 0 Å². The molecule has 0 aliphatic carbocycles. The van der Waals surface area contributed by atoms with Crippen LogP contribution in [0, 0.1) is 0 Å². The van der Waals surface area contributed by atoms with Crippen molar-refractivity contribution in [3.63, 3.8) is 0 Å². The Kier molecular flexibility index (Phi) is 4.70. The second-order valence-corrected chi connectivity index (χ2v) is 7.99. The number of rotatable bonds is 3. The predicted molar refractivity (Wildman–Crippen MR) is 99.0 cm³/mol. The van der Waals surface area contributed by atoms with Crippen molar-refractivity contribution in [1.82, 2.24) is 14.9 Å².